The summed E-state index contributed by atoms with van der Waals surface area (Å²) in [5.41, 5.74) is -2.45. The number of hydrogen-bond donors (Lipinski definition) is 1. The van der Waals surface area contributed by atoms with Crippen LogP contribution >= 0.6 is 0 Å². The second-order valence-corrected chi connectivity index (χ2v) is 6.04. The van der Waals surface area contributed by atoms with Crippen molar-refractivity contribution in [2.24, 2.45) is 0 Å². The molecule has 0 amide bonds. The SMILES string of the molecule is C=CC(=O)OC(CO)Cn1c(=O)n(CC2CO2)c(=O)n(CC2CO2)c1=O. The summed E-state index contributed by atoms with van der Waals surface area (Å²) < 4.78 is 17.6. The number of aliphatic hydroxyl groups excluding tert-OH is 1. The van der Waals surface area contributed by atoms with Crippen LogP contribution in [0, 0.1) is 0 Å². The second kappa shape index (κ2) is 7.40. The maximum atomic E-state index is 12.6. The van der Waals surface area contributed by atoms with Gasteiger partial charge in [-0.3, -0.25) is 0 Å². The van der Waals surface area contributed by atoms with Crippen LogP contribution < -0.4 is 17.1 Å². The largest absolute Gasteiger partial charge is 0.455 e. The van der Waals surface area contributed by atoms with Gasteiger partial charge in [-0.05, 0) is 0 Å². The van der Waals surface area contributed by atoms with Gasteiger partial charge >= 0.3 is 23.0 Å². The van der Waals surface area contributed by atoms with Gasteiger partial charge in [-0.15, -0.1) is 0 Å². The maximum absolute atomic E-state index is 12.6. The normalized spacial score (nSPS) is 21.9. The highest BCUT2D eigenvalue weighted by Gasteiger charge is 2.30. The lowest BCUT2D eigenvalue weighted by Gasteiger charge is -2.17. The Morgan fingerprint density at radius 2 is 1.58 bits per heavy atom. The van der Waals surface area contributed by atoms with Gasteiger partial charge in [0.1, 0.15) is 6.10 Å². The third-order valence-electron chi connectivity index (χ3n) is 4.00. The van der Waals surface area contributed by atoms with Crippen molar-refractivity contribution in [3.8, 4) is 0 Å². The molecule has 0 spiro atoms. The van der Waals surface area contributed by atoms with Gasteiger partial charge < -0.3 is 19.3 Å². The molecule has 26 heavy (non-hydrogen) atoms. The molecule has 0 saturated carbocycles. The second-order valence-electron chi connectivity index (χ2n) is 6.04. The van der Waals surface area contributed by atoms with Gasteiger partial charge in [0.05, 0.1) is 51.7 Å². The Labute approximate surface area is 146 Å². The molecule has 3 unspecified atom stereocenters. The summed E-state index contributed by atoms with van der Waals surface area (Å²) in [6.07, 6.45) is -0.757. The van der Waals surface area contributed by atoms with E-state index in [1.807, 2.05) is 0 Å². The van der Waals surface area contributed by atoms with Crippen LogP contribution in [0.4, 0.5) is 0 Å². The monoisotopic (exact) mass is 369 g/mol. The molecule has 3 heterocycles. The van der Waals surface area contributed by atoms with Crippen LogP contribution in [0.15, 0.2) is 27.0 Å². The van der Waals surface area contributed by atoms with E-state index >= 15 is 0 Å². The molecule has 1 aromatic rings. The molecule has 0 aromatic carbocycles. The van der Waals surface area contributed by atoms with Gasteiger partial charge in [0.2, 0.25) is 0 Å². The number of ether oxygens (including phenoxy) is 3. The molecule has 2 saturated heterocycles. The summed E-state index contributed by atoms with van der Waals surface area (Å²) >= 11 is 0. The standard InChI is InChI=1S/C15H19N3O8/c1-2-12(20)26-9(6-19)3-16-13(21)17(4-10-7-24-10)15(23)18(14(16)22)5-11-8-25-11/h2,9-11,19H,1,3-8H2. The van der Waals surface area contributed by atoms with Crippen molar-refractivity contribution in [1.82, 2.24) is 13.7 Å². The zero-order valence-corrected chi connectivity index (χ0v) is 13.9. The highest BCUT2D eigenvalue weighted by atomic mass is 16.6. The molecule has 11 nitrogen and oxygen atoms in total. The van der Waals surface area contributed by atoms with Crippen LogP contribution in [-0.2, 0) is 38.6 Å². The molecule has 0 radical (unpaired) electrons. The lowest BCUT2D eigenvalue weighted by molar-refractivity contribution is -0.145. The summed E-state index contributed by atoms with van der Waals surface area (Å²) in [6.45, 7) is 3.11. The fourth-order valence-corrected chi connectivity index (χ4v) is 2.45. The third kappa shape index (κ3) is 4.00. The van der Waals surface area contributed by atoms with E-state index in [4.69, 9.17) is 14.2 Å². The van der Waals surface area contributed by atoms with Crippen molar-refractivity contribution >= 4 is 5.97 Å². The van der Waals surface area contributed by atoms with Gasteiger partial charge in [0, 0.05) is 6.08 Å². The smallest absolute Gasteiger partial charge is 0.336 e. The summed E-state index contributed by atoms with van der Waals surface area (Å²) in [5, 5.41) is 9.37. The van der Waals surface area contributed by atoms with Crippen LogP contribution in [0.3, 0.4) is 0 Å². The Hall–Kier alpha value is -2.50. The van der Waals surface area contributed by atoms with Crippen molar-refractivity contribution in [2.45, 2.75) is 37.9 Å². The summed E-state index contributed by atoms with van der Waals surface area (Å²) in [4.78, 5) is 49.1. The fraction of sp³-hybridized carbons (Fsp3) is 0.600. The average molecular weight is 369 g/mol. The van der Waals surface area contributed by atoms with Gasteiger partial charge in [0.15, 0.2) is 0 Å². The van der Waals surface area contributed by atoms with Crippen molar-refractivity contribution in [2.75, 3.05) is 19.8 Å². The number of rotatable bonds is 9. The van der Waals surface area contributed by atoms with Crippen LogP contribution in [0.1, 0.15) is 0 Å². The quantitative estimate of drug-likeness (QED) is 0.277. The predicted octanol–water partition coefficient (Wildman–Crippen LogP) is -2.94. The minimum atomic E-state index is -1.14. The molecule has 2 fully saturated rings. The van der Waals surface area contributed by atoms with E-state index < -0.39 is 42.3 Å². The maximum Gasteiger partial charge on any atom is 0.336 e. The molecule has 0 bridgehead atoms. The van der Waals surface area contributed by atoms with E-state index in [0.29, 0.717) is 13.2 Å². The van der Waals surface area contributed by atoms with Crippen LogP contribution in [0.2, 0.25) is 0 Å². The van der Waals surface area contributed by atoms with Gasteiger partial charge in [-0.25, -0.2) is 32.9 Å². The van der Waals surface area contributed by atoms with Crippen LogP contribution in [0.5, 0.6) is 0 Å². The number of aliphatic hydroxyl groups is 1. The first-order valence-electron chi connectivity index (χ1n) is 8.06. The van der Waals surface area contributed by atoms with E-state index in [9.17, 15) is 24.3 Å². The first-order chi connectivity index (χ1) is 12.4. The summed E-state index contributed by atoms with van der Waals surface area (Å²) in [5.74, 6) is -0.802. The Morgan fingerprint density at radius 1 is 1.12 bits per heavy atom. The minimum Gasteiger partial charge on any atom is -0.455 e. The lowest BCUT2D eigenvalue weighted by atomic mass is 10.3. The lowest BCUT2D eigenvalue weighted by Crippen LogP contribution is -2.56. The topological polar surface area (TPSA) is 138 Å². The zero-order valence-electron chi connectivity index (χ0n) is 13.9. The number of nitrogens with zero attached hydrogens (tertiary/aromatic N) is 3. The van der Waals surface area contributed by atoms with Crippen molar-refractivity contribution in [3.05, 3.63) is 44.1 Å². The molecular weight excluding hydrogens is 350 g/mol. The Balaban J connectivity index is 1.99. The van der Waals surface area contributed by atoms with E-state index in [2.05, 4.69) is 6.58 Å². The van der Waals surface area contributed by atoms with Crippen LogP contribution in [0.25, 0.3) is 0 Å². The van der Waals surface area contributed by atoms with Crippen molar-refractivity contribution in [3.63, 3.8) is 0 Å². The average Bonchev–Trinajstić information content (AvgIpc) is 3.53. The van der Waals surface area contributed by atoms with Gasteiger partial charge in [-0.1, -0.05) is 6.58 Å². The Bertz CT molecular complexity index is 822. The molecule has 11 heteroatoms. The van der Waals surface area contributed by atoms with E-state index in [0.717, 1.165) is 19.8 Å². The van der Waals surface area contributed by atoms with E-state index in [-0.39, 0.29) is 25.3 Å². The molecule has 3 rings (SSSR count). The zero-order chi connectivity index (χ0) is 18.8. The summed E-state index contributed by atoms with van der Waals surface area (Å²) in [6, 6.07) is 0. The molecule has 142 valence electrons. The number of hydrogen-bond acceptors (Lipinski definition) is 8. The predicted molar refractivity (Wildman–Crippen MR) is 85.9 cm³/mol. The first kappa shape index (κ1) is 18.3. The van der Waals surface area contributed by atoms with Crippen LogP contribution in [-0.4, -0.2) is 62.9 Å². The van der Waals surface area contributed by atoms with Gasteiger partial charge in [-0.2, -0.15) is 0 Å². The molecule has 3 atom stereocenters. The fourth-order valence-electron chi connectivity index (χ4n) is 2.45. The first-order valence-corrected chi connectivity index (χ1v) is 8.06. The van der Waals surface area contributed by atoms with Crippen molar-refractivity contribution in [1.29, 1.82) is 0 Å². The van der Waals surface area contributed by atoms with Gasteiger partial charge in [0.25, 0.3) is 0 Å². The number of carbonyl (C=O) groups is 1. The number of aromatic nitrogens is 3. The molecule has 0 aliphatic carbocycles. The number of esters is 1. The number of carbonyl (C=O) groups excluding carboxylic acids is 1. The highest BCUT2D eigenvalue weighted by Crippen LogP contribution is 2.10. The van der Waals surface area contributed by atoms with Crippen molar-refractivity contribution < 1.29 is 24.1 Å². The van der Waals surface area contributed by atoms with E-state index in [1.54, 1.807) is 0 Å². The molecule has 1 N–H and O–H groups in total. The van der Waals surface area contributed by atoms with E-state index in [1.165, 1.54) is 0 Å². The summed E-state index contributed by atoms with van der Waals surface area (Å²) in [7, 11) is 0. The molecule has 2 aliphatic rings. The Kier molecular flexibility index (Phi) is 5.20. The molecule has 2 aliphatic heterocycles. The minimum absolute atomic E-state index is 0.0136. The molecule has 1 aromatic heterocycles. The third-order valence-corrected chi connectivity index (χ3v) is 4.00. The molecular formula is C15H19N3O8. The highest BCUT2D eigenvalue weighted by molar-refractivity contribution is 5.81. The Morgan fingerprint density at radius 3 is 1.96 bits per heavy atom. The number of epoxide rings is 2.